The summed E-state index contributed by atoms with van der Waals surface area (Å²) < 4.78 is 0. The fourth-order valence-corrected chi connectivity index (χ4v) is 4.32. The van der Waals surface area contributed by atoms with Crippen LogP contribution in [0.15, 0.2) is 18.7 Å². The van der Waals surface area contributed by atoms with Crippen LogP contribution >= 0.6 is 0 Å². The highest BCUT2D eigenvalue weighted by atomic mass is 16.7. The third kappa shape index (κ3) is 3.77. The zero-order chi connectivity index (χ0) is 19.0. The Balaban J connectivity index is 1.41. The Labute approximate surface area is 160 Å². The first-order chi connectivity index (χ1) is 13.0. The number of carbonyl (C=O) groups excluding carboxylic acids is 1. The topological polar surface area (TPSA) is 73.8 Å². The number of fused-ring (bicyclic) bond motifs is 2. The van der Waals surface area contributed by atoms with Crippen LogP contribution in [0.2, 0.25) is 0 Å². The van der Waals surface area contributed by atoms with Gasteiger partial charge in [0.15, 0.2) is 5.82 Å². The normalized spacial score (nSPS) is 25.9. The van der Waals surface area contributed by atoms with Crippen LogP contribution in [0, 0.1) is 11.8 Å². The Kier molecular flexibility index (Phi) is 5.01. The lowest BCUT2D eigenvalue weighted by Gasteiger charge is -2.29. The second-order valence-electron chi connectivity index (χ2n) is 7.96. The van der Waals surface area contributed by atoms with Gasteiger partial charge in [0.05, 0.1) is 5.69 Å². The quantitative estimate of drug-likeness (QED) is 0.629. The van der Waals surface area contributed by atoms with E-state index in [1.54, 1.807) is 11.0 Å². The summed E-state index contributed by atoms with van der Waals surface area (Å²) in [6.45, 7) is 11.0. The van der Waals surface area contributed by atoms with Crippen LogP contribution in [0.5, 0.6) is 0 Å². The number of rotatable bonds is 4. The molecule has 0 saturated carbocycles. The molecule has 2 fully saturated rings. The molecule has 1 N–H and O–H groups in total. The Hall–Kier alpha value is -2.19. The highest BCUT2D eigenvalue weighted by Gasteiger charge is 2.39. The van der Waals surface area contributed by atoms with Gasteiger partial charge in [0.2, 0.25) is 0 Å². The Bertz CT molecular complexity index is 712. The standard InChI is InChI=1S/C19H28N6O2/c1-4-13(2)27-22-19(26)24-6-5-17-14(10-24)7-18(21-20-17)25-11-15-8-23(3)9-16(15)12-25/h4,7,13,15-16H,1,5-6,8-12H2,2-3H3,(H,22,26)/t13?,15-,16+. The van der Waals surface area contributed by atoms with E-state index < -0.39 is 0 Å². The predicted molar refractivity (Wildman–Crippen MR) is 102 cm³/mol. The van der Waals surface area contributed by atoms with E-state index in [0.29, 0.717) is 19.5 Å². The number of likely N-dealkylation sites (tertiary alicyclic amines) is 1. The van der Waals surface area contributed by atoms with Gasteiger partial charge < -0.3 is 14.7 Å². The molecule has 3 aliphatic rings. The third-order valence-corrected chi connectivity index (χ3v) is 5.87. The van der Waals surface area contributed by atoms with Crippen molar-refractivity contribution in [3.05, 3.63) is 30.0 Å². The zero-order valence-corrected chi connectivity index (χ0v) is 16.1. The molecule has 1 aromatic rings. The maximum atomic E-state index is 12.3. The first kappa shape index (κ1) is 18.2. The van der Waals surface area contributed by atoms with Crippen molar-refractivity contribution in [1.82, 2.24) is 25.5 Å². The number of nitrogens with zero attached hydrogens (tertiary/aromatic N) is 5. The maximum absolute atomic E-state index is 12.3. The van der Waals surface area contributed by atoms with Crippen molar-refractivity contribution >= 4 is 11.8 Å². The number of hydrogen-bond acceptors (Lipinski definition) is 6. The van der Waals surface area contributed by atoms with Gasteiger partial charge in [-0.1, -0.05) is 6.08 Å². The van der Waals surface area contributed by atoms with Crippen LogP contribution in [-0.4, -0.2) is 71.9 Å². The van der Waals surface area contributed by atoms with Gasteiger partial charge in [-0.25, -0.2) is 10.3 Å². The van der Waals surface area contributed by atoms with Crippen LogP contribution < -0.4 is 10.4 Å². The first-order valence-corrected chi connectivity index (χ1v) is 9.65. The molecule has 146 valence electrons. The Morgan fingerprint density at radius 1 is 1.33 bits per heavy atom. The number of hydroxylamine groups is 1. The van der Waals surface area contributed by atoms with Gasteiger partial charge in [-0.2, -0.15) is 5.10 Å². The third-order valence-electron chi connectivity index (χ3n) is 5.87. The fourth-order valence-electron chi connectivity index (χ4n) is 4.32. The number of hydrogen-bond donors (Lipinski definition) is 1. The monoisotopic (exact) mass is 372 g/mol. The summed E-state index contributed by atoms with van der Waals surface area (Å²) in [7, 11) is 2.19. The average molecular weight is 372 g/mol. The summed E-state index contributed by atoms with van der Waals surface area (Å²) in [6.07, 6.45) is 2.12. The van der Waals surface area contributed by atoms with E-state index in [1.807, 2.05) is 6.92 Å². The van der Waals surface area contributed by atoms with Crippen LogP contribution in [0.25, 0.3) is 0 Å². The summed E-state index contributed by atoms with van der Waals surface area (Å²) in [6, 6.07) is 1.88. The predicted octanol–water partition coefficient (Wildman–Crippen LogP) is 1.05. The van der Waals surface area contributed by atoms with Gasteiger partial charge in [-0.15, -0.1) is 11.7 Å². The van der Waals surface area contributed by atoms with E-state index in [-0.39, 0.29) is 12.1 Å². The van der Waals surface area contributed by atoms with Crippen LogP contribution in [0.4, 0.5) is 10.6 Å². The zero-order valence-electron chi connectivity index (χ0n) is 16.1. The molecule has 0 aromatic carbocycles. The van der Waals surface area contributed by atoms with Crippen molar-refractivity contribution in [2.45, 2.75) is 26.0 Å². The minimum Gasteiger partial charge on any atom is -0.354 e. The van der Waals surface area contributed by atoms with Crippen molar-refractivity contribution in [2.24, 2.45) is 11.8 Å². The molecule has 3 aliphatic heterocycles. The van der Waals surface area contributed by atoms with Crippen molar-refractivity contribution < 1.29 is 9.63 Å². The summed E-state index contributed by atoms with van der Waals surface area (Å²) in [5.74, 6) is 2.38. The molecule has 3 atom stereocenters. The molecule has 0 aliphatic carbocycles. The number of amides is 2. The summed E-state index contributed by atoms with van der Waals surface area (Å²) in [5, 5.41) is 8.92. The molecule has 4 heterocycles. The van der Waals surface area contributed by atoms with Crippen molar-refractivity contribution in [3.8, 4) is 0 Å². The molecule has 0 spiro atoms. The SMILES string of the molecule is C=CC(C)ONC(=O)N1CCc2nnc(N3C[C@H]4CN(C)C[C@H]4C3)cc2C1. The van der Waals surface area contributed by atoms with Crippen LogP contribution in [0.3, 0.4) is 0 Å². The van der Waals surface area contributed by atoms with E-state index >= 15 is 0 Å². The van der Waals surface area contributed by atoms with Gasteiger partial charge in [0.25, 0.3) is 0 Å². The highest BCUT2D eigenvalue weighted by Crippen LogP contribution is 2.33. The number of nitrogens with one attached hydrogen (secondary N) is 1. The lowest BCUT2D eigenvalue weighted by atomic mass is 10.0. The molecular weight excluding hydrogens is 344 g/mol. The van der Waals surface area contributed by atoms with Gasteiger partial charge >= 0.3 is 6.03 Å². The molecule has 8 heteroatoms. The highest BCUT2D eigenvalue weighted by molar-refractivity contribution is 5.73. The molecule has 2 amide bonds. The van der Waals surface area contributed by atoms with E-state index in [2.05, 4.69) is 45.2 Å². The molecule has 0 radical (unpaired) electrons. The average Bonchev–Trinajstić information content (AvgIpc) is 3.22. The summed E-state index contributed by atoms with van der Waals surface area (Å²) >= 11 is 0. The molecule has 2 saturated heterocycles. The second kappa shape index (κ2) is 7.44. The van der Waals surface area contributed by atoms with Crippen molar-refractivity contribution in [1.29, 1.82) is 0 Å². The molecule has 4 rings (SSSR count). The van der Waals surface area contributed by atoms with E-state index in [4.69, 9.17) is 4.84 Å². The van der Waals surface area contributed by atoms with Crippen molar-refractivity contribution in [3.63, 3.8) is 0 Å². The molecule has 0 bridgehead atoms. The number of aromatic nitrogens is 2. The van der Waals surface area contributed by atoms with Crippen LogP contribution in [0.1, 0.15) is 18.2 Å². The molecule has 1 unspecified atom stereocenters. The number of urea groups is 1. The van der Waals surface area contributed by atoms with E-state index in [1.165, 1.54) is 0 Å². The van der Waals surface area contributed by atoms with Gasteiger partial charge in [-0.3, -0.25) is 4.84 Å². The molecular formula is C19H28N6O2. The van der Waals surface area contributed by atoms with Crippen LogP contribution in [-0.2, 0) is 17.8 Å². The molecule has 27 heavy (non-hydrogen) atoms. The Morgan fingerprint density at radius 2 is 2.07 bits per heavy atom. The van der Waals surface area contributed by atoms with E-state index in [9.17, 15) is 4.79 Å². The van der Waals surface area contributed by atoms with Gasteiger partial charge in [-0.05, 0) is 37.4 Å². The smallest absolute Gasteiger partial charge is 0.341 e. The summed E-state index contributed by atoms with van der Waals surface area (Å²) in [4.78, 5) is 24.1. The minimum absolute atomic E-state index is 0.225. The Morgan fingerprint density at radius 3 is 2.78 bits per heavy atom. The van der Waals surface area contributed by atoms with E-state index in [0.717, 1.165) is 55.1 Å². The van der Waals surface area contributed by atoms with Crippen molar-refractivity contribution in [2.75, 3.05) is 44.7 Å². The largest absolute Gasteiger partial charge is 0.354 e. The fraction of sp³-hybridized carbons (Fsp3) is 0.632. The number of anilines is 1. The maximum Gasteiger partial charge on any atom is 0.341 e. The van der Waals surface area contributed by atoms with Gasteiger partial charge in [0.1, 0.15) is 6.10 Å². The molecule has 8 nitrogen and oxygen atoms in total. The summed E-state index contributed by atoms with van der Waals surface area (Å²) in [5.41, 5.74) is 4.56. The number of carbonyl (C=O) groups is 1. The lowest BCUT2D eigenvalue weighted by Crippen LogP contribution is -2.44. The second-order valence-corrected chi connectivity index (χ2v) is 7.96. The first-order valence-electron chi connectivity index (χ1n) is 9.65. The van der Waals surface area contributed by atoms with Gasteiger partial charge in [0, 0.05) is 45.7 Å². The minimum atomic E-state index is -0.230. The molecule has 1 aromatic heterocycles. The lowest BCUT2D eigenvalue weighted by molar-refractivity contribution is 0.0194.